The second-order valence-electron chi connectivity index (χ2n) is 6.34. The van der Waals surface area contributed by atoms with E-state index >= 15 is 0 Å². The highest BCUT2D eigenvalue weighted by Crippen LogP contribution is 2.18. The van der Waals surface area contributed by atoms with E-state index in [1.807, 2.05) is 0 Å². The highest BCUT2D eigenvalue weighted by molar-refractivity contribution is 7.92. The lowest BCUT2D eigenvalue weighted by Crippen LogP contribution is -2.27. The Kier molecular flexibility index (Phi) is 5.56. The predicted molar refractivity (Wildman–Crippen MR) is 99.1 cm³/mol. The van der Waals surface area contributed by atoms with Crippen LogP contribution in [0.1, 0.15) is 28.8 Å². The molecule has 0 aromatic heterocycles. The summed E-state index contributed by atoms with van der Waals surface area (Å²) in [6, 6.07) is 12.6. The van der Waals surface area contributed by atoms with E-state index in [2.05, 4.69) is 4.72 Å². The van der Waals surface area contributed by atoms with Gasteiger partial charge in [0.25, 0.3) is 5.91 Å². The molecule has 0 aliphatic carbocycles. The molecule has 7 heteroatoms. The molecule has 0 unspecified atom stereocenters. The van der Waals surface area contributed by atoms with E-state index in [4.69, 9.17) is 0 Å². The van der Waals surface area contributed by atoms with Crippen molar-refractivity contribution in [2.24, 2.45) is 0 Å². The van der Waals surface area contributed by atoms with E-state index < -0.39 is 15.8 Å². The van der Waals surface area contributed by atoms with Crippen molar-refractivity contribution in [3.8, 4) is 0 Å². The summed E-state index contributed by atoms with van der Waals surface area (Å²) in [5, 5.41) is 0. The summed E-state index contributed by atoms with van der Waals surface area (Å²) in [7, 11) is -3.65. The van der Waals surface area contributed by atoms with E-state index in [-0.39, 0.29) is 18.1 Å². The lowest BCUT2D eigenvalue weighted by molar-refractivity contribution is 0.0793. The third-order valence-corrected chi connectivity index (χ3v) is 5.66. The van der Waals surface area contributed by atoms with E-state index in [9.17, 15) is 17.6 Å². The molecule has 26 heavy (non-hydrogen) atoms. The van der Waals surface area contributed by atoms with Gasteiger partial charge in [0.05, 0.1) is 5.75 Å². The highest BCUT2D eigenvalue weighted by atomic mass is 32.2. The van der Waals surface area contributed by atoms with Crippen molar-refractivity contribution in [3.63, 3.8) is 0 Å². The Balaban J connectivity index is 1.66. The van der Waals surface area contributed by atoms with Gasteiger partial charge < -0.3 is 4.90 Å². The number of halogens is 1. The fourth-order valence-electron chi connectivity index (χ4n) is 2.99. The topological polar surface area (TPSA) is 66.5 Å². The van der Waals surface area contributed by atoms with Crippen molar-refractivity contribution in [3.05, 3.63) is 65.5 Å². The molecule has 138 valence electrons. The molecule has 2 aromatic carbocycles. The third-order valence-electron chi connectivity index (χ3n) is 4.37. The standard InChI is InChI=1S/C19H21FN2O3S/c20-18-9-2-1-6-15(18)10-13-26(24,25)21-17-8-5-7-16(14-17)19(23)22-11-3-4-12-22/h1-2,5-9,14,21H,3-4,10-13H2. The van der Waals surface area contributed by atoms with Crippen LogP contribution in [0.5, 0.6) is 0 Å². The molecule has 1 amide bonds. The lowest BCUT2D eigenvalue weighted by atomic mass is 10.2. The molecule has 1 N–H and O–H groups in total. The largest absolute Gasteiger partial charge is 0.339 e. The number of carbonyl (C=O) groups is 1. The number of nitrogens with zero attached hydrogens (tertiary/aromatic N) is 1. The monoisotopic (exact) mass is 376 g/mol. The maximum absolute atomic E-state index is 13.6. The van der Waals surface area contributed by atoms with E-state index in [0.29, 0.717) is 16.8 Å². The molecule has 0 bridgehead atoms. The SMILES string of the molecule is O=C(c1cccc(NS(=O)(=O)CCc2ccccc2F)c1)N1CCCC1. The number of hydrogen-bond acceptors (Lipinski definition) is 3. The van der Waals surface area contributed by atoms with E-state index in [0.717, 1.165) is 25.9 Å². The molecular formula is C19H21FN2O3S. The van der Waals surface area contributed by atoms with Crippen molar-refractivity contribution < 1.29 is 17.6 Å². The van der Waals surface area contributed by atoms with Crippen molar-refractivity contribution in [1.82, 2.24) is 4.90 Å². The van der Waals surface area contributed by atoms with Crippen LogP contribution in [-0.4, -0.2) is 38.1 Å². The number of carbonyl (C=O) groups excluding carboxylic acids is 1. The van der Waals surface area contributed by atoms with Crippen molar-refractivity contribution in [2.45, 2.75) is 19.3 Å². The number of benzene rings is 2. The minimum Gasteiger partial charge on any atom is -0.339 e. The quantitative estimate of drug-likeness (QED) is 0.843. The molecule has 1 saturated heterocycles. The van der Waals surface area contributed by atoms with Crippen LogP contribution in [0.25, 0.3) is 0 Å². The van der Waals surface area contributed by atoms with Gasteiger partial charge in [0, 0.05) is 24.3 Å². The fraction of sp³-hybridized carbons (Fsp3) is 0.316. The van der Waals surface area contributed by atoms with Crippen molar-refractivity contribution in [2.75, 3.05) is 23.6 Å². The Labute approximate surface area is 152 Å². The molecule has 2 aromatic rings. The van der Waals surface area contributed by atoms with Crippen LogP contribution in [0.3, 0.4) is 0 Å². The number of likely N-dealkylation sites (tertiary alicyclic amines) is 1. The maximum Gasteiger partial charge on any atom is 0.253 e. The molecule has 0 radical (unpaired) electrons. The Morgan fingerprint density at radius 1 is 1.08 bits per heavy atom. The van der Waals surface area contributed by atoms with Gasteiger partial charge in [0.1, 0.15) is 5.82 Å². The van der Waals surface area contributed by atoms with Crippen molar-refractivity contribution in [1.29, 1.82) is 0 Å². The minimum absolute atomic E-state index is 0.0778. The summed E-state index contributed by atoms with van der Waals surface area (Å²) < 4.78 is 40.7. The Hall–Kier alpha value is -2.41. The number of hydrogen-bond donors (Lipinski definition) is 1. The van der Waals surface area contributed by atoms with E-state index in [1.54, 1.807) is 47.4 Å². The Bertz CT molecular complexity index is 893. The second kappa shape index (κ2) is 7.86. The molecule has 1 fully saturated rings. The average Bonchev–Trinajstić information content (AvgIpc) is 3.15. The first-order valence-electron chi connectivity index (χ1n) is 8.58. The first-order chi connectivity index (χ1) is 12.4. The number of rotatable bonds is 6. The summed E-state index contributed by atoms with van der Waals surface area (Å²) >= 11 is 0. The van der Waals surface area contributed by atoms with Crippen LogP contribution >= 0.6 is 0 Å². The Morgan fingerprint density at radius 2 is 1.81 bits per heavy atom. The average molecular weight is 376 g/mol. The molecular weight excluding hydrogens is 355 g/mol. The third kappa shape index (κ3) is 4.60. The smallest absolute Gasteiger partial charge is 0.253 e. The number of sulfonamides is 1. The summed E-state index contributed by atoms with van der Waals surface area (Å²) in [6.45, 7) is 1.47. The summed E-state index contributed by atoms with van der Waals surface area (Å²) in [5.41, 5.74) is 1.15. The second-order valence-corrected chi connectivity index (χ2v) is 8.18. The van der Waals surface area contributed by atoms with Gasteiger partial charge >= 0.3 is 0 Å². The van der Waals surface area contributed by atoms with Crippen LogP contribution < -0.4 is 4.72 Å². The van der Waals surface area contributed by atoms with Gasteiger partial charge in [-0.2, -0.15) is 0 Å². The van der Waals surface area contributed by atoms with Gasteiger partial charge in [-0.1, -0.05) is 24.3 Å². The molecule has 0 saturated carbocycles. The zero-order chi connectivity index (χ0) is 18.6. The zero-order valence-corrected chi connectivity index (χ0v) is 15.1. The van der Waals surface area contributed by atoms with Gasteiger partial charge in [-0.05, 0) is 49.1 Å². The Morgan fingerprint density at radius 3 is 2.54 bits per heavy atom. The number of aryl methyl sites for hydroxylation is 1. The first-order valence-corrected chi connectivity index (χ1v) is 10.2. The summed E-state index contributed by atoms with van der Waals surface area (Å²) in [6.07, 6.45) is 2.07. The van der Waals surface area contributed by atoms with Crippen LogP contribution in [-0.2, 0) is 16.4 Å². The van der Waals surface area contributed by atoms with Gasteiger partial charge in [-0.15, -0.1) is 0 Å². The van der Waals surface area contributed by atoms with Crippen LogP contribution in [0, 0.1) is 5.82 Å². The van der Waals surface area contributed by atoms with Crippen LogP contribution in [0.4, 0.5) is 10.1 Å². The number of amides is 1. The molecule has 0 atom stereocenters. The normalized spacial score (nSPS) is 14.4. The van der Waals surface area contributed by atoms with Crippen molar-refractivity contribution >= 4 is 21.6 Å². The minimum atomic E-state index is -3.65. The van der Waals surface area contributed by atoms with Crippen LogP contribution in [0.15, 0.2) is 48.5 Å². The van der Waals surface area contributed by atoms with Crippen LogP contribution in [0.2, 0.25) is 0 Å². The highest BCUT2D eigenvalue weighted by Gasteiger charge is 2.20. The number of anilines is 1. The predicted octanol–water partition coefficient (Wildman–Crippen LogP) is 3.05. The fourth-order valence-corrected chi connectivity index (χ4v) is 4.07. The van der Waals surface area contributed by atoms with Gasteiger partial charge in [-0.25, -0.2) is 12.8 Å². The molecule has 1 aliphatic rings. The maximum atomic E-state index is 13.6. The summed E-state index contributed by atoms with van der Waals surface area (Å²) in [4.78, 5) is 14.2. The summed E-state index contributed by atoms with van der Waals surface area (Å²) in [5.74, 6) is -0.742. The zero-order valence-electron chi connectivity index (χ0n) is 14.3. The van der Waals surface area contributed by atoms with E-state index in [1.165, 1.54) is 6.07 Å². The molecule has 5 nitrogen and oxygen atoms in total. The van der Waals surface area contributed by atoms with Gasteiger partial charge in [0.15, 0.2) is 0 Å². The molecule has 1 aliphatic heterocycles. The molecule has 0 spiro atoms. The van der Waals surface area contributed by atoms with Gasteiger partial charge in [0.2, 0.25) is 10.0 Å². The molecule has 1 heterocycles. The lowest BCUT2D eigenvalue weighted by Gasteiger charge is -2.16. The molecule has 3 rings (SSSR count). The number of nitrogens with one attached hydrogen (secondary N) is 1. The first kappa shape index (κ1) is 18.4. The van der Waals surface area contributed by atoms with Gasteiger partial charge in [-0.3, -0.25) is 9.52 Å².